The Labute approximate surface area is 145 Å². The fraction of sp³-hybridized carbons (Fsp3) is 0.529. The van der Waals surface area contributed by atoms with E-state index in [1.54, 1.807) is 6.92 Å². The second kappa shape index (κ2) is 7.18. The van der Waals surface area contributed by atoms with Gasteiger partial charge in [0.2, 0.25) is 11.8 Å². The van der Waals surface area contributed by atoms with E-state index < -0.39 is 11.0 Å². The van der Waals surface area contributed by atoms with Crippen LogP contribution < -0.4 is 16.0 Å². The summed E-state index contributed by atoms with van der Waals surface area (Å²) in [7, 11) is 0. The molecule has 8 nitrogen and oxygen atoms in total. The molecule has 0 spiro atoms. The minimum atomic E-state index is -0.544. The molecule has 134 valence electrons. The van der Waals surface area contributed by atoms with E-state index in [9.17, 15) is 19.7 Å². The topological polar surface area (TPSA) is 113 Å². The number of non-ortho nitro benzene ring substituents is 1. The number of hydrogen-bond acceptors (Lipinski definition) is 5. The summed E-state index contributed by atoms with van der Waals surface area (Å²) in [5.74, 6) is -0.433. The number of amides is 2. The maximum atomic E-state index is 12.3. The van der Waals surface area contributed by atoms with Crippen LogP contribution in [0.5, 0.6) is 0 Å². The summed E-state index contributed by atoms with van der Waals surface area (Å²) >= 11 is 0. The third kappa shape index (κ3) is 3.96. The van der Waals surface area contributed by atoms with Crippen molar-refractivity contribution in [1.29, 1.82) is 0 Å². The number of carbonyl (C=O) groups excluding carboxylic acids is 2. The van der Waals surface area contributed by atoms with Gasteiger partial charge in [-0.2, -0.15) is 0 Å². The van der Waals surface area contributed by atoms with Crippen molar-refractivity contribution < 1.29 is 14.5 Å². The molecule has 3 atom stereocenters. The summed E-state index contributed by atoms with van der Waals surface area (Å²) in [5, 5.41) is 19.8. The molecule has 8 heteroatoms. The first-order valence-electron chi connectivity index (χ1n) is 8.55. The number of benzene rings is 1. The van der Waals surface area contributed by atoms with Gasteiger partial charge in [0.15, 0.2) is 0 Å². The number of rotatable bonds is 4. The molecule has 1 aromatic rings. The number of nitrogens with one attached hydrogen (secondary N) is 3. The first kappa shape index (κ1) is 17.3. The van der Waals surface area contributed by atoms with Crippen molar-refractivity contribution in [3.63, 3.8) is 0 Å². The van der Waals surface area contributed by atoms with Crippen LogP contribution in [0, 0.1) is 17.0 Å². The van der Waals surface area contributed by atoms with E-state index in [1.807, 2.05) is 0 Å². The highest BCUT2D eigenvalue weighted by atomic mass is 16.6. The van der Waals surface area contributed by atoms with Gasteiger partial charge >= 0.3 is 0 Å². The molecule has 1 saturated heterocycles. The van der Waals surface area contributed by atoms with Gasteiger partial charge in [0, 0.05) is 29.9 Å². The van der Waals surface area contributed by atoms with E-state index >= 15 is 0 Å². The largest absolute Gasteiger partial charge is 0.350 e. The van der Waals surface area contributed by atoms with E-state index in [0.717, 1.165) is 25.7 Å². The molecule has 0 radical (unpaired) electrons. The normalized spacial score (nSPS) is 25.6. The second-order valence-electron chi connectivity index (χ2n) is 6.73. The van der Waals surface area contributed by atoms with Crippen molar-refractivity contribution in [3.05, 3.63) is 33.9 Å². The lowest BCUT2D eigenvalue weighted by Gasteiger charge is -2.40. The smallest absolute Gasteiger partial charge is 0.269 e. The fourth-order valence-electron chi connectivity index (χ4n) is 3.56. The zero-order valence-corrected chi connectivity index (χ0v) is 14.1. The zero-order valence-electron chi connectivity index (χ0n) is 14.1. The van der Waals surface area contributed by atoms with Crippen molar-refractivity contribution in [1.82, 2.24) is 10.6 Å². The number of anilines is 1. The van der Waals surface area contributed by atoms with Crippen molar-refractivity contribution in [2.75, 3.05) is 5.32 Å². The molecule has 1 heterocycles. The number of nitro groups is 1. The molecule has 2 fully saturated rings. The van der Waals surface area contributed by atoms with E-state index in [1.165, 1.54) is 18.2 Å². The maximum Gasteiger partial charge on any atom is 0.269 e. The van der Waals surface area contributed by atoms with Gasteiger partial charge in [-0.15, -0.1) is 0 Å². The van der Waals surface area contributed by atoms with Gasteiger partial charge in [-0.05, 0) is 31.4 Å². The average molecular weight is 346 g/mol. The predicted octanol–water partition coefficient (Wildman–Crippen LogP) is 1.63. The van der Waals surface area contributed by atoms with Crippen LogP contribution in [0.2, 0.25) is 0 Å². The van der Waals surface area contributed by atoms with Crippen LogP contribution in [-0.2, 0) is 9.59 Å². The molecule has 1 aromatic carbocycles. The van der Waals surface area contributed by atoms with Crippen LogP contribution in [0.15, 0.2) is 18.2 Å². The Morgan fingerprint density at radius 1 is 1.32 bits per heavy atom. The van der Waals surface area contributed by atoms with Gasteiger partial charge in [-0.25, -0.2) is 0 Å². The monoisotopic (exact) mass is 346 g/mol. The number of carbonyl (C=O) groups is 2. The summed E-state index contributed by atoms with van der Waals surface area (Å²) < 4.78 is 0. The molecule has 1 aliphatic heterocycles. The standard InChI is InChI=1S/C17H22N4O4/c1-10-8-11(21(24)25)6-7-12(10)19-16(22)9-15-17(23)20-14-5-3-2-4-13(14)18-15/h6-8,13-15,18H,2-5,9H2,1H3,(H,19,22)(H,20,23)/t13-,14+,15+/m1/s1. The average Bonchev–Trinajstić information content (AvgIpc) is 2.57. The van der Waals surface area contributed by atoms with Gasteiger partial charge in [0.1, 0.15) is 0 Å². The lowest BCUT2D eigenvalue weighted by atomic mass is 9.87. The van der Waals surface area contributed by atoms with Crippen molar-refractivity contribution in [2.45, 2.75) is 57.2 Å². The summed E-state index contributed by atoms with van der Waals surface area (Å²) in [5.41, 5.74) is 1.10. The number of nitro benzene ring substituents is 1. The number of aryl methyl sites for hydroxylation is 1. The number of hydrogen-bond donors (Lipinski definition) is 3. The Bertz CT molecular complexity index is 706. The van der Waals surface area contributed by atoms with Crippen molar-refractivity contribution >= 4 is 23.2 Å². The maximum absolute atomic E-state index is 12.3. The molecule has 25 heavy (non-hydrogen) atoms. The Morgan fingerprint density at radius 2 is 2.04 bits per heavy atom. The first-order valence-corrected chi connectivity index (χ1v) is 8.55. The molecule has 1 aliphatic carbocycles. The number of fused-ring (bicyclic) bond motifs is 1. The van der Waals surface area contributed by atoms with Gasteiger partial charge in [0.25, 0.3) is 5.69 Å². The van der Waals surface area contributed by atoms with Crippen molar-refractivity contribution in [2.24, 2.45) is 0 Å². The quantitative estimate of drug-likeness (QED) is 0.566. The molecule has 0 aromatic heterocycles. The third-order valence-corrected chi connectivity index (χ3v) is 4.91. The Kier molecular flexibility index (Phi) is 4.98. The van der Waals surface area contributed by atoms with Crippen LogP contribution in [0.4, 0.5) is 11.4 Å². The summed E-state index contributed by atoms with van der Waals surface area (Å²) in [6.07, 6.45) is 4.26. The first-order chi connectivity index (χ1) is 11.9. The highest BCUT2D eigenvalue weighted by Crippen LogP contribution is 2.23. The van der Waals surface area contributed by atoms with E-state index in [0.29, 0.717) is 11.3 Å². The molecule has 2 aliphatic rings. The molecular weight excluding hydrogens is 324 g/mol. The molecule has 0 unspecified atom stereocenters. The van der Waals surface area contributed by atoms with Gasteiger partial charge in [0.05, 0.1) is 17.4 Å². The molecule has 0 bridgehead atoms. The molecule has 3 rings (SSSR count). The van der Waals surface area contributed by atoms with E-state index in [2.05, 4.69) is 16.0 Å². The predicted molar refractivity (Wildman–Crippen MR) is 92.2 cm³/mol. The number of piperazine rings is 1. The minimum absolute atomic E-state index is 0.0211. The van der Waals surface area contributed by atoms with E-state index in [-0.39, 0.29) is 36.0 Å². The summed E-state index contributed by atoms with van der Waals surface area (Å²) in [4.78, 5) is 34.8. The number of nitrogens with zero attached hydrogens (tertiary/aromatic N) is 1. The SMILES string of the molecule is Cc1cc([N+](=O)[O-])ccc1NC(=O)C[C@@H]1N[C@@H]2CCCC[C@@H]2NC1=O. The van der Waals surface area contributed by atoms with Crippen LogP contribution in [0.25, 0.3) is 0 Å². The lowest BCUT2D eigenvalue weighted by Crippen LogP contribution is -2.65. The Balaban J connectivity index is 1.60. The molecular formula is C17H22N4O4. The Morgan fingerprint density at radius 3 is 2.72 bits per heavy atom. The summed E-state index contributed by atoms with van der Waals surface area (Å²) in [6.45, 7) is 1.70. The van der Waals surface area contributed by atoms with Gasteiger partial charge in [-0.1, -0.05) is 12.8 Å². The van der Waals surface area contributed by atoms with Gasteiger partial charge in [-0.3, -0.25) is 19.7 Å². The molecule has 2 amide bonds. The van der Waals surface area contributed by atoms with E-state index in [4.69, 9.17) is 0 Å². The zero-order chi connectivity index (χ0) is 18.0. The van der Waals surface area contributed by atoms with Crippen LogP contribution in [0.1, 0.15) is 37.7 Å². The summed E-state index contributed by atoms with van der Waals surface area (Å²) in [6, 6.07) is 4.12. The fourth-order valence-corrected chi connectivity index (χ4v) is 3.56. The molecule has 3 N–H and O–H groups in total. The third-order valence-electron chi connectivity index (χ3n) is 4.91. The van der Waals surface area contributed by atoms with Crippen molar-refractivity contribution in [3.8, 4) is 0 Å². The lowest BCUT2D eigenvalue weighted by molar-refractivity contribution is -0.384. The highest BCUT2D eigenvalue weighted by molar-refractivity contribution is 5.96. The highest BCUT2D eigenvalue weighted by Gasteiger charge is 2.36. The second-order valence-corrected chi connectivity index (χ2v) is 6.73. The van der Waals surface area contributed by atoms with Gasteiger partial charge < -0.3 is 16.0 Å². The van der Waals surface area contributed by atoms with Crippen LogP contribution >= 0.6 is 0 Å². The minimum Gasteiger partial charge on any atom is -0.350 e. The Hall–Kier alpha value is -2.48. The van der Waals surface area contributed by atoms with Crippen LogP contribution in [-0.4, -0.2) is 34.9 Å². The molecule has 1 saturated carbocycles. The van der Waals surface area contributed by atoms with Crippen LogP contribution in [0.3, 0.4) is 0 Å².